The van der Waals surface area contributed by atoms with Crippen molar-refractivity contribution in [3.63, 3.8) is 0 Å². The van der Waals surface area contributed by atoms with Crippen LogP contribution in [0.2, 0.25) is 0 Å². The summed E-state index contributed by atoms with van der Waals surface area (Å²) in [6.45, 7) is 2.13. The summed E-state index contributed by atoms with van der Waals surface area (Å²) in [6, 6.07) is 2.81. The molecule has 2 rings (SSSR count). The summed E-state index contributed by atoms with van der Waals surface area (Å²) in [5.74, 6) is 1.66. The van der Waals surface area contributed by atoms with Crippen molar-refractivity contribution in [2.45, 2.75) is 57.4 Å². The van der Waals surface area contributed by atoms with E-state index in [2.05, 4.69) is 29.9 Å². The van der Waals surface area contributed by atoms with Crippen LogP contribution in [0.25, 0.3) is 0 Å². The van der Waals surface area contributed by atoms with Crippen molar-refractivity contribution in [2.75, 3.05) is 11.9 Å². The van der Waals surface area contributed by atoms with Gasteiger partial charge in [0.1, 0.15) is 5.82 Å². The second kappa shape index (κ2) is 6.42. The third-order valence-electron chi connectivity index (χ3n) is 3.97. The van der Waals surface area contributed by atoms with Gasteiger partial charge in [0.15, 0.2) is 0 Å². The smallest absolute Gasteiger partial charge is 0.131 e. The molecular weight excluding hydrogens is 244 g/mol. The third-order valence-corrected chi connectivity index (χ3v) is 4.28. The third kappa shape index (κ3) is 3.17. The second-order valence-electron chi connectivity index (χ2n) is 5.37. The van der Waals surface area contributed by atoms with E-state index in [0.29, 0.717) is 11.9 Å². The molecule has 1 fully saturated rings. The topological polar surface area (TPSA) is 16.1 Å². The van der Waals surface area contributed by atoms with Crippen molar-refractivity contribution in [3.8, 4) is 0 Å². The standard InChI is InChI=1S/C15H23ClN2/c1-12-9-13(10-16)11-17-15(12)18(2)14-7-5-3-4-6-8-14/h9,11,14H,3-8,10H2,1-2H3. The highest BCUT2D eigenvalue weighted by molar-refractivity contribution is 6.17. The first-order valence-corrected chi connectivity index (χ1v) is 7.50. The molecule has 0 radical (unpaired) electrons. The molecule has 0 atom stereocenters. The fourth-order valence-electron chi connectivity index (χ4n) is 2.89. The van der Waals surface area contributed by atoms with Gasteiger partial charge in [-0.1, -0.05) is 25.7 Å². The molecule has 3 heteroatoms. The van der Waals surface area contributed by atoms with E-state index in [1.165, 1.54) is 44.1 Å². The van der Waals surface area contributed by atoms with Crippen LogP contribution in [-0.4, -0.2) is 18.1 Å². The SMILES string of the molecule is Cc1cc(CCl)cnc1N(C)C1CCCCCC1. The van der Waals surface area contributed by atoms with E-state index >= 15 is 0 Å². The van der Waals surface area contributed by atoms with Crippen molar-refractivity contribution in [3.05, 3.63) is 23.4 Å². The molecule has 1 aliphatic rings. The minimum atomic E-state index is 0.543. The molecule has 0 saturated heterocycles. The van der Waals surface area contributed by atoms with Crippen LogP contribution >= 0.6 is 11.6 Å². The van der Waals surface area contributed by atoms with Gasteiger partial charge < -0.3 is 4.90 Å². The lowest BCUT2D eigenvalue weighted by Crippen LogP contribution is -2.32. The number of hydrogen-bond donors (Lipinski definition) is 0. The number of alkyl halides is 1. The number of aromatic nitrogens is 1. The highest BCUT2D eigenvalue weighted by atomic mass is 35.5. The summed E-state index contributed by atoms with van der Waals surface area (Å²) >= 11 is 5.85. The first kappa shape index (κ1) is 13.7. The number of hydrogen-bond acceptors (Lipinski definition) is 2. The number of pyridine rings is 1. The summed E-state index contributed by atoms with van der Waals surface area (Å²) in [7, 11) is 2.19. The molecule has 0 unspecified atom stereocenters. The second-order valence-corrected chi connectivity index (χ2v) is 5.64. The molecule has 1 heterocycles. The van der Waals surface area contributed by atoms with Gasteiger partial charge in [0, 0.05) is 25.2 Å². The predicted molar refractivity (Wildman–Crippen MR) is 78.4 cm³/mol. The zero-order chi connectivity index (χ0) is 13.0. The van der Waals surface area contributed by atoms with Crippen LogP contribution in [0, 0.1) is 6.92 Å². The van der Waals surface area contributed by atoms with Gasteiger partial charge in [-0.2, -0.15) is 0 Å². The van der Waals surface area contributed by atoms with Crippen molar-refractivity contribution in [1.29, 1.82) is 0 Å². The van der Waals surface area contributed by atoms with Crippen LogP contribution in [0.1, 0.15) is 49.7 Å². The quantitative estimate of drug-likeness (QED) is 0.599. The van der Waals surface area contributed by atoms with Gasteiger partial charge in [-0.15, -0.1) is 11.6 Å². The Kier molecular flexibility index (Phi) is 4.87. The van der Waals surface area contributed by atoms with Crippen molar-refractivity contribution >= 4 is 17.4 Å². The molecule has 0 amide bonds. The Morgan fingerprint density at radius 2 is 1.94 bits per heavy atom. The van der Waals surface area contributed by atoms with Gasteiger partial charge in [0.05, 0.1) is 0 Å². The maximum absolute atomic E-state index is 5.85. The van der Waals surface area contributed by atoms with E-state index in [4.69, 9.17) is 11.6 Å². The molecule has 1 saturated carbocycles. The fourth-order valence-corrected chi connectivity index (χ4v) is 3.03. The largest absolute Gasteiger partial charge is 0.356 e. The molecule has 18 heavy (non-hydrogen) atoms. The molecule has 0 aromatic carbocycles. The monoisotopic (exact) mass is 266 g/mol. The fraction of sp³-hybridized carbons (Fsp3) is 0.667. The van der Waals surface area contributed by atoms with Gasteiger partial charge in [0.25, 0.3) is 0 Å². The summed E-state index contributed by atoms with van der Waals surface area (Å²) < 4.78 is 0. The Bertz CT molecular complexity index is 384. The zero-order valence-electron chi connectivity index (χ0n) is 11.5. The van der Waals surface area contributed by atoms with Gasteiger partial charge in [-0.3, -0.25) is 0 Å². The summed E-state index contributed by atoms with van der Waals surface area (Å²) in [5.41, 5.74) is 2.34. The Morgan fingerprint density at radius 1 is 1.28 bits per heavy atom. The normalized spacial score (nSPS) is 17.5. The van der Waals surface area contributed by atoms with E-state index in [1.54, 1.807) is 0 Å². The predicted octanol–water partition coefficient (Wildman–Crippen LogP) is 4.29. The Morgan fingerprint density at radius 3 is 2.50 bits per heavy atom. The van der Waals surface area contributed by atoms with Crippen LogP contribution in [0.4, 0.5) is 5.82 Å². The maximum atomic E-state index is 5.85. The molecule has 1 aliphatic carbocycles. The van der Waals surface area contributed by atoms with E-state index in [9.17, 15) is 0 Å². The van der Waals surface area contributed by atoms with Crippen LogP contribution in [0.15, 0.2) is 12.3 Å². The zero-order valence-corrected chi connectivity index (χ0v) is 12.2. The van der Waals surface area contributed by atoms with Gasteiger partial charge in [-0.05, 0) is 37.0 Å². The first-order valence-electron chi connectivity index (χ1n) is 6.96. The number of anilines is 1. The number of aryl methyl sites for hydroxylation is 1. The number of nitrogens with zero attached hydrogens (tertiary/aromatic N) is 2. The molecule has 0 spiro atoms. The van der Waals surface area contributed by atoms with Crippen LogP contribution in [0.3, 0.4) is 0 Å². The summed E-state index contributed by atoms with van der Waals surface area (Å²) in [5, 5.41) is 0. The average Bonchev–Trinajstić information content (AvgIpc) is 2.66. The average molecular weight is 267 g/mol. The lowest BCUT2D eigenvalue weighted by molar-refractivity contribution is 0.548. The summed E-state index contributed by atoms with van der Waals surface area (Å²) in [6.07, 6.45) is 10.00. The van der Waals surface area contributed by atoms with Crippen molar-refractivity contribution in [2.24, 2.45) is 0 Å². The molecule has 1 aromatic heterocycles. The maximum Gasteiger partial charge on any atom is 0.131 e. The van der Waals surface area contributed by atoms with E-state index in [-0.39, 0.29) is 0 Å². The lowest BCUT2D eigenvalue weighted by atomic mass is 10.1. The molecule has 0 aliphatic heterocycles. The number of halogens is 1. The molecular formula is C15H23ClN2. The summed E-state index contributed by atoms with van der Waals surface area (Å²) in [4.78, 5) is 6.97. The Hall–Kier alpha value is -0.760. The lowest BCUT2D eigenvalue weighted by Gasteiger charge is -2.29. The Balaban J connectivity index is 2.14. The van der Waals surface area contributed by atoms with Gasteiger partial charge >= 0.3 is 0 Å². The highest BCUT2D eigenvalue weighted by Gasteiger charge is 2.19. The van der Waals surface area contributed by atoms with E-state index in [0.717, 1.165) is 11.4 Å². The molecule has 0 N–H and O–H groups in total. The molecule has 100 valence electrons. The first-order chi connectivity index (χ1) is 8.72. The minimum Gasteiger partial charge on any atom is -0.356 e. The molecule has 2 nitrogen and oxygen atoms in total. The van der Waals surface area contributed by atoms with E-state index in [1.807, 2.05) is 6.20 Å². The molecule has 1 aromatic rings. The van der Waals surface area contributed by atoms with Crippen LogP contribution < -0.4 is 4.90 Å². The van der Waals surface area contributed by atoms with Crippen LogP contribution in [0.5, 0.6) is 0 Å². The van der Waals surface area contributed by atoms with Crippen LogP contribution in [-0.2, 0) is 5.88 Å². The Labute approximate surface area is 115 Å². The highest BCUT2D eigenvalue weighted by Crippen LogP contribution is 2.26. The minimum absolute atomic E-state index is 0.543. The van der Waals surface area contributed by atoms with Gasteiger partial charge in [-0.25, -0.2) is 4.98 Å². The van der Waals surface area contributed by atoms with Gasteiger partial charge in [0.2, 0.25) is 0 Å². The van der Waals surface area contributed by atoms with E-state index < -0.39 is 0 Å². The van der Waals surface area contributed by atoms with Crippen molar-refractivity contribution in [1.82, 2.24) is 4.98 Å². The molecule has 0 bridgehead atoms. The van der Waals surface area contributed by atoms with Crippen molar-refractivity contribution < 1.29 is 0 Å². The number of rotatable bonds is 3.